The minimum Gasteiger partial charge on any atom is -0.369 e. The van der Waals surface area contributed by atoms with Crippen molar-refractivity contribution in [1.29, 1.82) is 0 Å². The molecule has 7 heteroatoms. The first kappa shape index (κ1) is 17.7. The van der Waals surface area contributed by atoms with Crippen LogP contribution in [0.4, 0.5) is 11.4 Å². The average molecular weight is 339 g/mol. The van der Waals surface area contributed by atoms with E-state index in [1.54, 1.807) is 0 Å². The van der Waals surface area contributed by atoms with Gasteiger partial charge in [0, 0.05) is 24.5 Å². The molecule has 1 saturated heterocycles. The Kier molecular flexibility index (Phi) is 5.64. The van der Waals surface area contributed by atoms with Crippen LogP contribution >= 0.6 is 0 Å². The molecule has 6 nitrogen and oxygen atoms in total. The lowest BCUT2D eigenvalue weighted by Gasteiger charge is -2.29. The second-order valence-electron chi connectivity index (χ2n) is 6.41. The van der Waals surface area contributed by atoms with Gasteiger partial charge in [0.05, 0.1) is 17.5 Å². The van der Waals surface area contributed by atoms with E-state index in [1.807, 2.05) is 43.0 Å². The van der Waals surface area contributed by atoms with E-state index in [4.69, 9.17) is 5.73 Å². The van der Waals surface area contributed by atoms with Crippen molar-refractivity contribution in [2.45, 2.75) is 26.3 Å². The molecule has 2 rings (SSSR count). The highest BCUT2D eigenvalue weighted by Gasteiger charge is 2.22. The van der Waals surface area contributed by atoms with Crippen LogP contribution in [-0.4, -0.2) is 45.0 Å². The van der Waals surface area contributed by atoms with Gasteiger partial charge in [-0.05, 0) is 30.5 Å². The highest BCUT2D eigenvalue weighted by molar-refractivity contribution is 7.91. The van der Waals surface area contributed by atoms with Crippen LogP contribution in [0.2, 0.25) is 0 Å². The lowest BCUT2D eigenvalue weighted by Crippen LogP contribution is -2.40. The van der Waals surface area contributed by atoms with Crippen molar-refractivity contribution in [3.63, 3.8) is 0 Å². The third-order valence-corrected chi connectivity index (χ3v) is 5.49. The fourth-order valence-electron chi connectivity index (χ4n) is 2.60. The molecule has 1 amide bonds. The monoisotopic (exact) mass is 339 g/mol. The van der Waals surface area contributed by atoms with Gasteiger partial charge in [-0.2, -0.15) is 0 Å². The summed E-state index contributed by atoms with van der Waals surface area (Å²) in [5.41, 5.74) is 7.48. The van der Waals surface area contributed by atoms with Gasteiger partial charge >= 0.3 is 0 Å². The number of hydrogen-bond donors (Lipinski definition) is 2. The molecule has 1 aliphatic rings. The maximum Gasteiger partial charge on any atom is 0.241 e. The molecule has 1 fully saturated rings. The van der Waals surface area contributed by atoms with Crippen LogP contribution in [-0.2, 0) is 14.6 Å². The number of carbonyl (C=O) groups is 1. The van der Waals surface area contributed by atoms with Gasteiger partial charge in [0.15, 0.2) is 9.84 Å². The van der Waals surface area contributed by atoms with Gasteiger partial charge in [-0.3, -0.25) is 4.79 Å². The van der Waals surface area contributed by atoms with E-state index in [0.717, 1.165) is 5.69 Å². The largest absolute Gasteiger partial charge is 0.369 e. The molecule has 1 heterocycles. The van der Waals surface area contributed by atoms with Crippen LogP contribution in [0.5, 0.6) is 0 Å². The Morgan fingerprint density at radius 2 is 1.96 bits per heavy atom. The van der Waals surface area contributed by atoms with E-state index in [2.05, 4.69) is 5.32 Å². The summed E-state index contributed by atoms with van der Waals surface area (Å²) in [5.74, 6) is 0.501. The number of nitrogens with two attached hydrogens (primary N) is 1. The summed E-state index contributed by atoms with van der Waals surface area (Å²) in [6, 6.07) is 6.91. The summed E-state index contributed by atoms with van der Waals surface area (Å²) in [6.45, 7) is 5.01. The molecule has 0 saturated carbocycles. The quantitative estimate of drug-likeness (QED) is 0.842. The first-order valence-corrected chi connectivity index (χ1v) is 9.71. The summed E-state index contributed by atoms with van der Waals surface area (Å²) in [5, 5.41) is 2.83. The molecule has 1 aromatic rings. The minimum absolute atomic E-state index is 0.169. The molecule has 0 aromatic heterocycles. The first-order valence-electron chi connectivity index (χ1n) is 7.89. The molecule has 0 spiro atoms. The Balaban J connectivity index is 2.01. The van der Waals surface area contributed by atoms with Crippen molar-refractivity contribution < 1.29 is 13.2 Å². The molecule has 0 bridgehead atoms. The predicted octanol–water partition coefficient (Wildman–Crippen LogP) is 1.23. The van der Waals surface area contributed by atoms with Crippen LogP contribution in [0.15, 0.2) is 24.3 Å². The van der Waals surface area contributed by atoms with Crippen molar-refractivity contribution in [3.8, 4) is 0 Å². The number of hydrogen-bond acceptors (Lipinski definition) is 5. The highest BCUT2D eigenvalue weighted by atomic mass is 32.2. The lowest BCUT2D eigenvalue weighted by molar-refractivity contribution is -0.117. The summed E-state index contributed by atoms with van der Waals surface area (Å²) in [4.78, 5) is 14.1. The fraction of sp³-hybridized carbons (Fsp3) is 0.562. The van der Waals surface area contributed by atoms with Crippen molar-refractivity contribution in [2.75, 3.05) is 34.8 Å². The van der Waals surface area contributed by atoms with Crippen molar-refractivity contribution in [2.24, 2.45) is 11.7 Å². The van der Waals surface area contributed by atoms with Gasteiger partial charge in [-0.25, -0.2) is 8.42 Å². The van der Waals surface area contributed by atoms with Crippen molar-refractivity contribution in [3.05, 3.63) is 24.3 Å². The second-order valence-corrected chi connectivity index (χ2v) is 8.72. The molecule has 128 valence electrons. The Bertz CT molecular complexity index is 644. The molecule has 0 aliphatic carbocycles. The van der Waals surface area contributed by atoms with E-state index in [1.165, 1.54) is 0 Å². The molecule has 23 heavy (non-hydrogen) atoms. The van der Waals surface area contributed by atoms with Gasteiger partial charge in [0.2, 0.25) is 5.91 Å². The number of amides is 1. The van der Waals surface area contributed by atoms with E-state index in [9.17, 15) is 13.2 Å². The summed E-state index contributed by atoms with van der Waals surface area (Å²) in [7, 11) is -2.90. The number of rotatable bonds is 5. The maximum absolute atomic E-state index is 12.1. The Hall–Kier alpha value is -1.60. The van der Waals surface area contributed by atoms with E-state index >= 15 is 0 Å². The van der Waals surface area contributed by atoms with Gasteiger partial charge in [-0.15, -0.1) is 0 Å². The van der Waals surface area contributed by atoms with Crippen LogP contribution < -0.4 is 16.0 Å². The van der Waals surface area contributed by atoms with Crippen LogP contribution in [0, 0.1) is 5.92 Å². The SMILES string of the molecule is CC(C)C[C@H](N)C(=O)Nc1cccc(N2CCS(=O)(=O)CC2)c1. The number of nitrogens with zero attached hydrogens (tertiary/aromatic N) is 1. The number of nitrogens with one attached hydrogen (secondary N) is 1. The van der Waals surface area contributed by atoms with Crippen LogP contribution in [0.3, 0.4) is 0 Å². The molecule has 0 unspecified atom stereocenters. The molecule has 1 aliphatic heterocycles. The Morgan fingerprint density at radius 3 is 2.57 bits per heavy atom. The smallest absolute Gasteiger partial charge is 0.241 e. The Labute approximate surface area is 138 Å². The van der Waals surface area contributed by atoms with Gasteiger partial charge in [0.1, 0.15) is 0 Å². The molecule has 1 atom stereocenters. The lowest BCUT2D eigenvalue weighted by atomic mass is 10.0. The molecule has 1 aromatic carbocycles. The summed E-state index contributed by atoms with van der Waals surface area (Å²) >= 11 is 0. The van der Waals surface area contributed by atoms with E-state index < -0.39 is 15.9 Å². The minimum atomic E-state index is -2.90. The number of sulfone groups is 1. The first-order chi connectivity index (χ1) is 10.8. The predicted molar refractivity (Wildman–Crippen MR) is 93.4 cm³/mol. The second kappa shape index (κ2) is 7.31. The topological polar surface area (TPSA) is 92.5 Å². The van der Waals surface area contributed by atoms with E-state index in [-0.39, 0.29) is 17.4 Å². The third-order valence-electron chi connectivity index (χ3n) is 3.89. The molecule has 3 N–H and O–H groups in total. The molecule has 0 radical (unpaired) electrons. The molecular weight excluding hydrogens is 314 g/mol. The zero-order valence-electron chi connectivity index (χ0n) is 13.7. The summed E-state index contributed by atoms with van der Waals surface area (Å²) < 4.78 is 23.0. The summed E-state index contributed by atoms with van der Waals surface area (Å²) in [6.07, 6.45) is 0.634. The van der Waals surface area contributed by atoms with Gasteiger partial charge < -0.3 is 16.0 Å². The average Bonchev–Trinajstić information content (AvgIpc) is 2.46. The fourth-order valence-corrected chi connectivity index (χ4v) is 3.80. The normalized spacial score (nSPS) is 18.7. The van der Waals surface area contributed by atoms with Crippen LogP contribution in [0.1, 0.15) is 20.3 Å². The Morgan fingerprint density at radius 1 is 1.30 bits per heavy atom. The third kappa shape index (κ3) is 5.21. The zero-order valence-corrected chi connectivity index (χ0v) is 14.5. The van der Waals surface area contributed by atoms with Crippen LogP contribution in [0.25, 0.3) is 0 Å². The van der Waals surface area contributed by atoms with Gasteiger partial charge in [-0.1, -0.05) is 19.9 Å². The van der Waals surface area contributed by atoms with E-state index in [0.29, 0.717) is 31.1 Å². The number of carbonyl (C=O) groups excluding carboxylic acids is 1. The number of benzene rings is 1. The standard InChI is InChI=1S/C16H25N3O3S/c1-12(2)10-15(17)16(20)18-13-4-3-5-14(11-13)19-6-8-23(21,22)9-7-19/h3-5,11-12,15H,6-10,17H2,1-2H3,(H,18,20)/t15-/m0/s1. The van der Waals surface area contributed by atoms with Crippen molar-refractivity contribution in [1.82, 2.24) is 0 Å². The maximum atomic E-state index is 12.1. The highest BCUT2D eigenvalue weighted by Crippen LogP contribution is 2.21. The van der Waals surface area contributed by atoms with Crippen molar-refractivity contribution >= 4 is 27.1 Å². The molecular formula is C16H25N3O3S. The van der Waals surface area contributed by atoms with Gasteiger partial charge in [0.25, 0.3) is 0 Å². The number of anilines is 2. The zero-order chi connectivity index (χ0) is 17.0.